The molecule has 0 bridgehead atoms. The Morgan fingerprint density at radius 1 is 1.29 bits per heavy atom. The average Bonchev–Trinajstić information content (AvgIpc) is 3.40. The van der Waals surface area contributed by atoms with Crippen LogP contribution in [0.25, 0.3) is 11.4 Å². The van der Waals surface area contributed by atoms with Gasteiger partial charge < -0.3 is 10.6 Å². The van der Waals surface area contributed by atoms with E-state index in [4.69, 9.17) is 0 Å². The first kappa shape index (κ1) is 20.0. The zero-order valence-corrected chi connectivity index (χ0v) is 16.4. The van der Waals surface area contributed by atoms with E-state index in [1.165, 1.54) is 0 Å². The normalized spacial score (nSPS) is 15.6. The summed E-state index contributed by atoms with van der Waals surface area (Å²) in [5, 5.41) is 22.5. The van der Waals surface area contributed by atoms with Gasteiger partial charge in [-0.05, 0) is 61.5 Å². The Hall–Kier alpha value is -2.78. The summed E-state index contributed by atoms with van der Waals surface area (Å²) in [6.07, 6.45) is 4.95. The van der Waals surface area contributed by atoms with E-state index in [2.05, 4.69) is 31.3 Å². The van der Waals surface area contributed by atoms with Crippen LogP contribution in [-0.4, -0.2) is 49.0 Å². The fraction of sp³-hybridized carbons (Fsp3) is 0.389. The number of aryl methyl sites for hydroxylation is 1. The molecule has 0 aliphatic carbocycles. The fourth-order valence-electron chi connectivity index (χ4n) is 3.53. The van der Waals surface area contributed by atoms with Gasteiger partial charge in [0.1, 0.15) is 5.54 Å². The molecule has 28 heavy (non-hydrogen) atoms. The smallest absolute Gasteiger partial charge is 0.252 e. The second-order valence-electron chi connectivity index (χ2n) is 6.59. The summed E-state index contributed by atoms with van der Waals surface area (Å²) in [5.41, 5.74) is 0.891. The number of nitrogens with one attached hydrogen (secondary N) is 2. The van der Waals surface area contributed by atoms with Crippen molar-refractivity contribution in [3.8, 4) is 11.4 Å². The molecular formula is C18H23ClN8O. The molecule has 3 aromatic rings. The minimum absolute atomic E-state index is 0. The number of hydrogen-bond donors (Lipinski definition) is 2. The molecule has 10 heteroatoms. The Morgan fingerprint density at radius 3 is 2.82 bits per heavy atom. The summed E-state index contributed by atoms with van der Waals surface area (Å²) >= 11 is 0. The molecule has 1 saturated heterocycles. The summed E-state index contributed by atoms with van der Waals surface area (Å²) in [5.74, 6) is 0.622. The van der Waals surface area contributed by atoms with E-state index in [1.807, 2.05) is 43.5 Å². The molecular weight excluding hydrogens is 380 g/mol. The lowest BCUT2D eigenvalue weighted by Gasteiger charge is -2.36. The van der Waals surface area contributed by atoms with E-state index in [0.29, 0.717) is 30.9 Å². The van der Waals surface area contributed by atoms with Gasteiger partial charge in [0.2, 0.25) is 0 Å². The first-order chi connectivity index (χ1) is 13.2. The van der Waals surface area contributed by atoms with E-state index >= 15 is 0 Å². The molecule has 9 nitrogen and oxygen atoms in total. The first-order valence-corrected chi connectivity index (χ1v) is 9.12. The van der Waals surface area contributed by atoms with Crippen molar-refractivity contribution in [2.45, 2.75) is 31.8 Å². The quantitative estimate of drug-likeness (QED) is 0.673. The molecule has 1 amide bonds. The Bertz CT molecular complexity index is 917. The molecule has 0 saturated carbocycles. The van der Waals surface area contributed by atoms with Crippen molar-refractivity contribution < 1.29 is 4.79 Å². The number of rotatable bonds is 5. The van der Waals surface area contributed by atoms with Gasteiger partial charge in [-0.25, -0.2) is 4.68 Å². The van der Waals surface area contributed by atoms with Gasteiger partial charge in [-0.1, -0.05) is 12.1 Å². The highest BCUT2D eigenvalue weighted by molar-refractivity contribution is 5.97. The largest absolute Gasteiger partial charge is 0.324 e. The number of benzene rings is 1. The molecule has 0 spiro atoms. The topological polar surface area (TPSA) is 103 Å². The molecule has 1 fully saturated rings. The molecule has 2 N–H and O–H groups in total. The Balaban J connectivity index is 0.00000225. The molecule has 148 valence electrons. The number of hydrogen-bond acceptors (Lipinski definition) is 6. The van der Waals surface area contributed by atoms with Crippen molar-refractivity contribution in [3.05, 3.63) is 42.7 Å². The van der Waals surface area contributed by atoms with E-state index in [9.17, 15) is 4.79 Å². The van der Waals surface area contributed by atoms with Gasteiger partial charge in [0.25, 0.3) is 5.91 Å². The van der Waals surface area contributed by atoms with Gasteiger partial charge in [-0.2, -0.15) is 5.10 Å². The minimum atomic E-state index is -0.685. The van der Waals surface area contributed by atoms with Crippen LogP contribution in [0.1, 0.15) is 19.8 Å². The summed E-state index contributed by atoms with van der Waals surface area (Å²) in [6, 6.07) is 9.44. The maximum absolute atomic E-state index is 13.3. The van der Waals surface area contributed by atoms with Crippen molar-refractivity contribution in [1.82, 2.24) is 35.3 Å². The van der Waals surface area contributed by atoms with Gasteiger partial charge >= 0.3 is 0 Å². The van der Waals surface area contributed by atoms with E-state index < -0.39 is 5.54 Å². The van der Waals surface area contributed by atoms with Gasteiger partial charge in [-0.3, -0.25) is 9.48 Å². The lowest BCUT2D eigenvalue weighted by molar-refractivity contribution is -0.126. The lowest BCUT2D eigenvalue weighted by atomic mass is 9.87. The lowest BCUT2D eigenvalue weighted by Crippen LogP contribution is -2.52. The SMILES string of the molecule is CCn1nnnc1-c1cccc(NC(=O)C2(n3cccn3)CCNCC2)c1.Cl. The highest BCUT2D eigenvalue weighted by Crippen LogP contribution is 2.29. The zero-order valence-electron chi connectivity index (χ0n) is 15.6. The number of amides is 1. The minimum Gasteiger partial charge on any atom is -0.324 e. The number of carbonyl (C=O) groups is 1. The van der Waals surface area contributed by atoms with Crippen LogP contribution in [0.15, 0.2) is 42.7 Å². The van der Waals surface area contributed by atoms with Crippen LogP contribution in [0.4, 0.5) is 5.69 Å². The van der Waals surface area contributed by atoms with Crippen molar-refractivity contribution >= 4 is 24.0 Å². The predicted octanol–water partition coefficient (Wildman–Crippen LogP) is 1.70. The van der Waals surface area contributed by atoms with Gasteiger partial charge in [0.05, 0.1) is 0 Å². The highest BCUT2D eigenvalue weighted by atomic mass is 35.5. The van der Waals surface area contributed by atoms with Gasteiger partial charge in [-0.15, -0.1) is 17.5 Å². The van der Waals surface area contributed by atoms with E-state index in [0.717, 1.165) is 18.7 Å². The van der Waals surface area contributed by atoms with Crippen molar-refractivity contribution in [2.75, 3.05) is 18.4 Å². The monoisotopic (exact) mass is 402 g/mol. The van der Waals surface area contributed by atoms with Crippen molar-refractivity contribution in [3.63, 3.8) is 0 Å². The molecule has 1 aromatic carbocycles. The van der Waals surface area contributed by atoms with Crippen LogP contribution in [0.3, 0.4) is 0 Å². The summed E-state index contributed by atoms with van der Waals surface area (Å²) in [4.78, 5) is 13.3. The number of piperidine rings is 1. The second kappa shape index (κ2) is 8.49. The number of tetrazole rings is 1. The number of aromatic nitrogens is 6. The molecule has 0 atom stereocenters. The van der Waals surface area contributed by atoms with Crippen LogP contribution in [0.5, 0.6) is 0 Å². The zero-order chi connectivity index (χ0) is 18.7. The van der Waals surface area contributed by atoms with Crippen LogP contribution in [0.2, 0.25) is 0 Å². The van der Waals surface area contributed by atoms with Crippen molar-refractivity contribution in [1.29, 1.82) is 0 Å². The number of nitrogens with zero attached hydrogens (tertiary/aromatic N) is 6. The molecule has 4 rings (SSSR count). The number of carbonyl (C=O) groups excluding carboxylic acids is 1. The van der Waals surface area contributed by atoms with Gasteiger partial charge in [0.15, 0.2) is 5.82 Å². The maximum Gasteiger partial charge on any atom is 0.252 e. The van der Waals surface area contributed by atoms with Gasteiger partial charge in [0, 0.05) is 30.2 Å². The second-order valence-corrected chi connectivity index (χ2v) is 6.59. The molecule has 2 aromatic heterocycles. The molecule has 3 heterocycles. The first-order valence-electron chi connectivity index (χ1n) is 9.12. The fourth-order valence-corrected chi connectivity index (χ4v) is 3.53. The summed E-state index contributed by atoms with van der Waals surface area (Å²) in [6.45, 7) is 4.21. The Kier molecular flexibility index (Phi) is 6.05. The Labute approximate surface area is 168 Å². The third kappa shape index (κ3) is 3.63. The molecule has 0 unspecified atom stereocenters. The average molecular weight is 403 g/mol. The summed E-state index contributed by atoms with van der Waals surface area (Å²) in [7, 11) is 0. The summed E-state index contributed by atoms with van der Waals surface area (Å²) < 4.78 is 3.50. The molecule has 1 aliphatic heterocycles. The standard InChI is InChI=1S/C18H22N8O.ClH/c1-2-25-16(22-23-24-25)14-5-3-6-15(13-14)21-17(27)18(7-10-19-11-8-18)26-12-4-9-20-26;/h3-6,9,12-13,19H,2,7-8,10-11H2,1H3,(H,21,27);1H. The third-order valence-corrected chi connectivity index (χ3v) is 5.01. The van der Waals surface area contributed by atoms with E-state index in [-0.39, 0.29) is 18.3 Å². The Morgan fingerprint density at radius 2 is 2.11 bits per heavy atom. The molecule has 0 radical (unpaired) electrons. The number of halogens is 1. The predicted molar refractivity (Wildman–Crippen MR) is 107 cm³/mol. The molecule has 1 aliphatic rings. The van der Waals surface area contributed by atoms with Crippen LogP contribution in [-0.2, 0) is 16.9 Å². The van der Waals surface area contributed by atoms with Crippen LogP contribution < -0.4 is 10.6 Å². The highest BCUT2D eigenvalue weighted by Gasteiger charge is 2.42. The van der Waals surface area contributed by atoms with Crippen LogP contribution in [0, 0.1) is 0 Å². The van der Waals surface area contributed by atoms with Crippen molar-refractivity contribution in [2.24, 2.45) is 0 Å². The van der Waals surface area contributed by atoms with E-state index in [1.54, 1.807) is 15.6 Å². The van der Waals surface area contributed by atoms with Crippen LogP contribution >= 0.6 is 12.4 Å². The third-order valence-electron chi connectivity index (χ3n) is 5.01. The maximum atomic E-state index is 13.3. The number of anilines is 1.